The van der Waals surface area contributed by atoms with E-state index in [1.807, 2.05) is 33.6 Å². The summed E-state index contributed by atoms with van der Waals surface area (Å²) in [5.74, 6) is 1.29. The highest BCUT2D eigenvalue weighted by Gasteiger charge is 2.08. The van der Waals surface area contributed by atoms with E-state index < -0.39 is 0 Å². The normalized spacial score (nSPS) is 11.6. The van der Waals surface area contributed by atoms with Gasteiger partial charge >= 0.3 is 0 Å². The van der Waals surface area contributed by atoms with Crippen molar-refractivity contribution in [3.63, 3.8) is 0 Å². The Bertz CT molecular complexity index is 862. The van der Waals surface area contributed by atoms with Gasteiger partial charge < -0.3 is 5.73 Å². The summed E-state index contributed by atoms with van der Waals surface area (Å²) >= 11 is 4.77. The number of hydrogen-bond donors (Lipinski definition) is 1. The Kier molecular flexibility index (Phi) is 2.86. The zero-order valence-corrected chi connectivity index (χ0v) is 12.6. The van der Waals surface area contributed by atoms with Crippen LogP contribution in [-0.2, 0) is 5.75 Å². The maximum Gasteiger partial charge on any atom is 0.193 e. The molecule has 4 aromatic rings. The van der Waals surface area contributed by atoms with Crippen LogP contribution in [0, 0.1) is 0 Å². The summed E-state index contributed by atoms with van der Waals surface area (Å²) in [6.07, 6.45) is 4.04. The van der Waals surface area contributed by atoms with E-state index in [9.17, 15) is 0 Å². The first-order valence-corrected chi connectivity index (χ1v) is 8.59. The zero-order chi connectivity index (χ0) is 13.5. The van der Waals surface area contributed by atoms with Crippen molar-refractivity contribution in [2.45, 2.75) is 10.9 Å². The number of aromatic nitrogens is 4. The molecule has 0 atom stereocenters. The molecule has 0 bridgehead atoms. The third kappa shape index (κ3) is 2.05. The fraction of sp³-hybridized carbons (Fsp3) is 0.0833. The van der Waals surface area contributed by atoms with Gasteiger partial charge in [-0.1, -0.05) is 11.8 Å². The molecule has 0 aromatic carbocycles. The first-order chi connectivity index (χ1) is 9.79. The van der Waals surface area contributed by atoms with E-state index in [1.54, 1.807) is 34.4 Å². The minimum Gasteiger partial charge on any atom is -0.383 e. The number of nitrogens with zero attached hydrogens (tertiary/aromatic N) is 4. The summed E-state index contributed by atoms with van der Waals surface area (Å²) in [4.78, 5) is 15.3. The molecular formula is C12H9N5S3. The minimum absolute atomic E-state index is 0.546. The minimum atomic E-state index is 0.546. The Hall–Kier alpha value is -1.64. The van der Waals surface area contributed by atoms with E-state index >= 15 is 0 Å². The van der Waals surface area contributed by atoms with Gasteiger partial charge in [-0.3, -0.25) is 4.40 Å². The van der Waals surface area contributed by atoms with Gasteiger partial charge in [-0.05, 0) is 11.4 Å². The van der Waals surface area contributed by atoms with Crippen molar-refractivity contribution in [2.75, 3.05) is 5.73 Å². The molecule has 0 aliphatic carbocycles. The van der Waals surface area contributed by atoms with Gasteiger partial charge in [0.1, 0.15) is 10.6 Å². The maximum atomic E-state index is 5.94. The lowest BCUT2D eigenvalue weighted by atomic mass is 10.4. The van der Waals surface area contributed by atoms with Gasteiger partial charge in [-0.15, -0.1) is 22.7 Å². The molecule has 0 unspecified atom stereocenters. The van der Waals surface area contributed by atoms with Crippen LogP contribution in [-0.4, -0.2) is 19.4 Å². The van der Waals surface area contributed by atoms with E-state index in [1.165, 1.54) is 0 Å². The van der Waals surface area contributed by atoms with Crippen molar-refractivity contribution in [2.24, 2.45) is 0 Å². The average Bonchev–Trinajstić information content (AvgIpc) is 3.10. The molecule has 0 amide bonds. The zero-order valence-electron chi connectivity index (χ0n) is 10.2. The molecule has 4 aromatic heterocycles. The molecule has 0 saturated heterocycles. The topological polar surface area (TPSA) is 69.1 Å². The molecule has 4 rings (SSSR count). The summed E-state index contributed by atoms with van der Waals surface area (Å²) in [5.41, 5.74) is 6.96. The Balaban J connectivity index is 1.59. The second kappa shape index (κ2) is 4.72. The second-order valence-electron chi connectivity index (χ2n) is 4.14. The summed E-state index contributed by atoms with van der Waals surface area (Å²) in [7, 11) is 0. The molecule has 2 N–H and O–H groups in total. The van der Waals surface area contributed by atoms with E-state index in [4.69, 9.17) is 5.73 Å². The average molecular weight is 319 g/mol. The lowest BCUT2D eigenvalue weighted by Crippen LogP contribution is -1.95. The number of fused-ring (bicyclic) bond motifs is 2. The number of nitrogens with two attached hydrogens (primary N) is 1. The predicted molar refractivity (Wildman–Crippen MR) is 84.5 cm³/mol. The van der Waals surface area contributed by atoms with Gasteiger partial charge in [0.25, 0.3) is 0 Å². The summed E-state index contributed by atoms with van der Waals surface area (Å²) in [5, 5.41) is 5.64. The number of anilines is 1. The molecule has 100 valence electrons. The van der Waals surface area contributed by atoms with Gasteiger partial charge in [0.2, 0.25) is 0 Å². The van der Waals surface area contributed by atoms with Crippen LogP contribution >= 0.6 is 34.4 Å². The lowest BCUT2D eigenvalue weighted by Gasteiger charge is -2.00. The SMILES string of the molecule is Nc1nc(SCc2cn3ccsc3n2)nc2sccc12. The van der Waals surface area contributed by atoms with Crippen LogP contribution in [0.4, 0.5) is 5.82 Å². The van der Waals surface area contributed by atoms with Gasteiger partial charge in [0.05, 0.1) is 11.1 Å². The number of thiophene rings is 1. The Labute approximate surface area is 126 Å². The van der Waals surface area contributed by atoms with Crippen molar-refractivity contribution in [3.8, 4) is 0 Å². The molecule has 8 heteroatoms. The van der Waals surface area contributed by atoms with Crippen molar-refractivity contribution in [1.29, 1.82) is 0 Å². The predicted octanol–water partition coefficient (Wildman–Crippen LogP) is 3.28. The van der Waals surface area contributed by atoms with Gasteiger partial charge in [0, 0.05) is 23.5 Å². The number of rotatable bonds is 3. The summed E-state index contributed by atoms with van der Waals surface area (Å²) < 4.78 is 2.03. The Morgan fingerprint density at radius 2 is 2.15 bits per heavy atom. The summed E-state index contributed by atoms with van der Waals surface area (Å²) in [6.45, 7) is 0. The molecule has 0 saturated carbocycles. The third-order valence-corrected chi connectivity index (χ3v) is 5.28. The molecular weight excluding hydrogens is 310 g/mol. The van der Waals surface area contributed by atoms with Gasteiger partial charge in [-0.2, -0.15) is 0 Å². The molecule has 0 fully saturated rings. The first-order valence-electron chi connectivity index (χ1n) is 5.84. The number of nitrogen functional groups attached to an aromatic ring is 1. The van der Waals surface area contributed by atoms with Crippen LogP contribution in [0.25, 0.3) is 15.2 Å². The summed E-state index contributed by atoms with van der Waals surface area (Å²) in [6, 6.07) is 1.95. The van der Waals surface area contributed by atoms with E-state index in [-0.39, 0.29) is 0 Å². The first kappa shape index (κ1) is 12.1. The Morgan fingerprint density at radius 3 is 3.05 bits per heavy atom. The van der Waals surface area contributed by atoms with Crippen molar-refractivity contribution in [1.82, 2.24) is 19.4 Å². The highest BCUT2D eigenvalue weighted by Crippen LogP contribution is 2.27. The van der Waals surface area contributed by atoms with Crippen LogP contribution in [0.5, 0.6) is 0 Å². The molecule has 0 radical (unpaired) electrons. The number of imidazole rings is 1. The van der Waals surface area contributed by atoms with Gasteiger partial charge in [0.15, 0.2) is 10.1 Å². The van der Waals surface area contributed by atoms with Crippen LogP contribution in [0.15, 0.2) is 34.4 Å². The van der Waals surface area contributed by atoms with Crippen LogP contribution in [0.1, 0.15) is 5.69 Å². The van der Waals surface area contributed by atoms with E-state index in [2.05, 4.69) is 15.0 Å². The molecule has 20 heavy (non-hydrogen) atoms. The Morgan fingerprint density at radius 1 is 1.20 bits per heavy atom. The van der Waals surface area contributed by atoms with Crippen LogP contribution in [0.3, 0.4) is 0 Å². The van der Waals surface area contributed by atoms with E-state index in [0.29, 0.717) is 11.0 Å². The number of hydrogen-bond acceptors (Lipinski definition) is 7. The molecule has 0 spiro atoms. The molecule has 5 nitrogen and oxygen atoms in total. The molecule has 0 aliphatic rings. The van der Waals surface area contributed by atoms with Crippen LogP contribution in [0.2, 0.25) is 0 Å². The molecule has 4 heterocycles. The standard InChI is InChI=1S/C12H9N5S3/c13-9-8-1-3-18-10(8)16-11(15-9)20-6-7-5-17-2-4-19-12(17)14-7/h1-5H,6H2,(H2,13,15,16). The van der Waals surface area contributed by atoms with E-state index in [0.717, 1.165) is 26.6 Å². The fourth-order valence-electron chi connectivity index (χ4n) is 1.91. The van der Waals surface area contributed by atoms with Crippen molar-refractivity contribution in [3.05, 3.63) is 34.9 Å². The van der Waals surface area contributed by atoms with Crippen LogP contribution < -0.4 is 5.73 Å². The number of thioether (sulfide) groups is 1. The fourth-order valence-corrected chi connectivity index (χ4v) is 4.19. The van der Waals surface area contributed by atoms with Crippen molar-refractivity contribution >= 4 is 55.4 Å². The third-order valence-electron chi connectivity index (χ3n) is 2.83. The highest BCUT2D eigenvalue weighted by molar-refractivity contribution is 7.98. The van der Waals surface area contributed by atoms with Crippen molar-refractivity contribution < 1.29 is 0 Å². The van der Waals surface area contributed by atoms with Gasteiger partial charge in [-0.25, -0.2) is 15.0 Å². The smallest absolute Gasteiger partial charge is 0.193 e. The number of thiazole rings is 1. The maximum absolute atomic E-state index is 5.94. The quantitative estimate of drug-likeness (QED) is 0.463. The second-order valence-corrected chi connectivity index (χ2v) is 6.85. The monoisotopic (exact) mass is 319 g/mol. The molecule has 0 aliphatic heterocycles. The highest BCUT2D eigenvalue weighted by atomic mass is 32.2. The lowest BCUT2D eigenvalue weighted by molar-refractivity contribution is 1.01. The largest absolute Gasteiger partial charge is 0.383 e.